The third-order valence-electron chi connectivity index (χ3n) is 2.81. The van der Waals surface area contributed by atoms with Crippen LogP contribution in [0.3, 0.4) is 0 Å². The topological polar surface area (TPSA) is 29.5 Å². The molecule has 0 fully saturated rings. The van der Waals surface area contributed by atoms with Crippen molar-refractivity contribution in [3.05, 3.63) is 29.6 Å². The molecule has 0 radical (unpaired) electrons. The molecule has 0 saturated heterocycles. The smallest absolute Gasteiger partial charge is 0.127 e. The van der Waals surface area contributed by atoms with Gasteiger partial charge in [-0.3, -0.25) is 0 Å². The lowest BCUT2D eigenvalue weighted by Crippen LogP contribution is -2.02. The molecule has 0 aliphatic carbocycles. The van der Waals surface area contributed by atoms with Crippen LogP contribution in [0, 0.1) is 11.7 Å². The first-order valence-corrected chi connectivity index (χ1v) is 6.06. The van der Waals surface area contributed by atoms with Gasteiger partial charge in [-0.25, -0.2) is 4.39 Å². The molecule has 1 aromatic rings. The van der Waals surface area contributed by atoms with Gasteiger partial charge in [0, 0.05) is 11.6 Å². The minimum absolute atomic E-state index is 0.347. The number of methoxy groups -OCH3 is 1. The van der Waals surface area contributed by atoms with Gasteiger partial charge in [0.2, 0.25) is 0 Å². The third kappa shape index (κ3) is 4.35. The summed E-state index contributed by atoms with van der Waals surface area (Å²) >= 11 is 0. The van der Waals surface area contributed by atoms with E-state index in [0.29, 0.717) is 23.7 Å². The van der Waals surface area contributed by atoms with E-state index in [1.807, 2.05) is 0 Å². The normalized spacial score (nSPS) is 12.8. The largest absolute Gasteiger partial charge is 0.496 e. The van der Waals surface area contributed by atoms with Crippen LogP contribution in [0.4, 0.5) is 4.39 Å². The molecule has 3 heteroatoms. The highest BCUT2D eigenvalue weighted by molar-refractivity contribution is 5.35. The standard InChI is InChI=1S/C14H21FO2/c1-10(2)5-4-6-13(16)12-8-7-11(15)9-14(12)17-3/h7-10,13,16H,4-6H2,1-3H3. The van der Waals surface area contributed by atoms with Gasteiger partial charge < -0.3 is 9.84 Å². The summed E-state index contributed by atoms with van der Waals surface area (Å²) in [5, 5.41) is 10.0. The van der Waals surface area contributed by atoms with E-state index in [2.05, 4.69) is 13.8 Å². The van der Waals surface area contributed by atoms with Crippen LogP contribution in [0.15, 0.2) is 18.2 Å². The van der Waals surface area contributed by atoms with E-state index < -0.39 is 6.10 Å². The first kappa shape index (κ1) is 14.0. The molecule has 1 aromatic carbocycles. The van der Waals surface area contributed by atoms with Crippen molar-refractivity contribution < 1.29 is 14.2 Å². The molecule has 1 N–H and O–H groups in total. The van der Waals surface area contributed by atoms with Crippen LogP contribution in [0.2, 0.25) is 0 Å². The van der Waals surface area contributed by atoms with Crippen molar-refractivity contribution in [3.8, 4) is 5.75 Å². The van der Waals surface area contributed by atoms with Gasteiger partial charge in [0.25, 0.3) is 0 Å². The van der Waals surface area contributed by atoms with E-state index in [-0.39, 0.29) is 5.82 Å². The summed E-state index contributed by atoms with van der Waals surface area (Å²) in [7, 11) is 1.49. The average molecular weight is 240 g/mol. The summed E-state index contributed by atoms with van der Waals surface area (Å²) in [5.74, 6) is 0.708. The number of benzene rings is 1. The summed E-state index contributed by atoms with van der Waals surface area (Å²) in [5.41, 5.74) is 0.664. The summed E-state index contributed by atoms with van der Waals surface area (Å²) in [6.45, 7) is 4.32. The molecule has 2 nitrogen and oxygen atoms in total. The Balaban J connectivity index is 2.64. The molecule has 1 unspecified atom stereocenters. The van der Waals surface area contributed by atoms with Gasteiger partial charge in [0.1, 0.15) is 11.6 Å². The summed E-state index contributed by atoms with van der Waals surface area (Å²) in [6.07, 6.45) is 2.14. The van der Waals surface area contributed by atoms with Crippen LogP contribution in [0.5, 0.6) is 5.75 Å². The Kier molecular flexibility index (Phi) is 5.42. The van der Waals surface area contributed by atoms with Crippen molar-refractivity contribution in [2.24, 2.45) is 5.92 Å². The zero-order chi connectivity index (χ0) is 12.8. The molecule has 0 heterocycles. The molecule has 1 atom stereocenters. The fraction of sp³-hybridized carbons (Fsp3) is 0.571. The Morgan fingerprint density at radius 3 is 2.59 bits per heavy atom. The van der Waals surface area contributed by atoms with Gasteiger partial charge in [0.05, 0.1) is 13.2 Å². The fourth-order valence-electron chi connectivity index (χ4n) is 1.84. The Morgan fingerprint density at radius 1 is 1.29 bits per heavy atom. The molecular formula is C14H21FO2. The van der Waals surface area contributed by atoms with Crippen molar-refractivity contribution in [1.29, 1.82) is 0 Å². The second-order valence-corrected chi connectivity index (χ2v) is 4.73. The minimum atomic E-state index is -0.579. The molecular weight excluding hydrogens is 219 g/mol. The Hall–Kier alpha value is -1.09. The number of hydrogen-bond acceptors (Lipinski definition) is 2. The lowest BCUT2D eigenvalue weighted by atomic mass is 9.99. The number of aliphatic hydroxyl groups excluding tert-OH is 1. The highest BCUT2D eigenvalue weighted by Gasteiger charge is 2.13. The second kappa shape index (κ2) is 6.60. The summed E-state index contributed by atoms with van der Waals surface area (Å²) < 4.78 is 18.1. The van der Waals surface area contributed by atoms with Crippen LogP contribution < -0.4 is 4.74 Å². The van der Waals surface area contributed by atoms with Gasteiger partial charge in [-0.2, -0.15) is 0 Å². The Morgan fingerprint density at radius 2 is 2.00 bits per heavy atom. The van der Waals surface area contributed by atoms with Crippen LogP contribution in [0.1, 0.15) is 44.8 Å². The molecule has 0 amide bonds. The predicted molar refractivity (Wildman–Crippen MR) is 66.6 cm³/mol. The summed E-state index contributed by atoms with van der Waals surface area (Å²) in [4.78, 5) is 0. The van der Waals surface area contributed by atoms with Gasteiger partial charge in [0.15, 0.2) is 0 Å². The van der Waals surface area contributed by atoms with E-state index in [1.165, 1.54) is 19.2 Å². The Bertz CT molecular complexity index is 350. The monoisotopic (exact) mass is 240 g/mol. The average Bonchev–Trinajstić information content (AvgIpc) is 2.28. The van der Waals surface area contributed by atoms with E-state index in [4.69, 9.17) is 4.74 Å². The highest BCUT2D eigenvalue weighted by Crippen LogP contribution is 2.29. The number of aliphatic hydroxyl groups is 1. The van der Waals surface area contributed by atoms with Crippen LogP contribution in [-0.4, -0.2) is 12.2 Å². The molecule has 96 valence electrons. The van der Waals surface area contributed by atoms with E-state index in [0.717, 1.165) is 12.8 Å². The third-order valence-corrected chi connectivity index (χ3v) is 2.81. The minimum Gasteiger partial charge on any atom is -0.496 e. The van der Waals surface area contributed by atoms with Gasteiger partial charge in [-0.1, -0.05) is 26.7 Å². The van der Waals surface area contributed by atoms with Gasteiger partial charge >= 0.3 is 0 Å². The van der Waals surface area contributed by atoms with Crippen LogP contribution >= 0.6 is 0 Å². The van der Waals surface area contributed by atoms with Crippen molar-refractivity contribution in [2.75, 3.05) is 7.11 Å². The van der Waals surface area contributed by atoms with Crippen LogP contribution in [0.25, 0.3) is 0 Å². The SMILES string of the molecule is COc1cc(F)ccc1C(O)CCCC(C)C. The van der Waals surface area contributed by atoms with Gasteiger partial charge in [-0.05, 0) is 24.5 Å². The molecule has 0 aromatic heterocycles. The van der Waals surface area contributed by atoms with E-state index in [1.54, 1.807) is 6.07 Å². The number of ether oxygens (including phenoxy) is 1. The maximum atomic E-state index is 13.0. The first-order chi connectivity index (χ1) is 8.04. The number of halogens is 1. The van der Waals surface area contributed by atoms with E-state index >= 15 is 0 Å². The quantitative estimate of drug-likeness (QED) is 0.821. The zero-order valence-electron chi connectivity index (χ0n) is 10.7. The molecule has 0 spiro atoms. The first-order valence-electron chi connectivity index (χ1n) is 6.06. The summed E-state index contributed by atoms with van der Waals surface area (Å²) in [6, 6.07) is 4.25. The van der Waals surface area contributed by atoms with Crippen LogP contribution in [-0.2, 0) is 0 Å². The molecule has 17 heavy (non-hydrogen) atoms. The number of hydrogen-bond donors (Lipinski definition) is 1. The lowest BCUT2D eigenvalue weighted by molar-refractivity contribution is 0.158. The molecule has 0 aliphatic heterocycles. The van der Waals surface area contributed by atoms with Crippen molar-refractivity contribution in [1.82, 2.24) is 0 Å². The van der Waals surface area contributed by atoms with Crippen molar-refractivity contribution >= 4 is 0 Å². The molecule has 0 bridgehead atoms. The van der Waals surface area contributed by atoms with Crippen molar-refractivity contribution in [2.45, 2.75) is 39.2 Å². The van der Waals surface area contributed by atoms with Crippen molar-refractivity contribution in [3.63, 3.8) is 0 Å². The van der Waals surface area contributed by atoms with Gasteiger partial charge in [-0.15, -0.1) is 0 Å². The van der Waals surface area contributed by atoms with E-state index in [9.17, 15) is 9.50 Å². The Labute approximate surface area is 102 Å². The zero-order valence-corrected chi connectivity index (χ0v) is 10.7. The second-order valence-electron chi connectivity index (χ2n) is 4.73. The molecule has 0 saturated carbocycles. The maximum Gasteiger partial charge on any atom is 0.127 e. The predicted octanol–water partition coefficient (Wildman–Crippen LogP) is 3.69. The maximum absolute atomic E-state index is 13.0. The lowest BCUT2D eigenvalue weighted by Gasteiger charge is -2.15. The molecule has 1 rings (SSSR count). The number of rotatable bonds is 6. The fourth-order valence-corrected chi connectivity index (χ4v) is 1.84. The highest BCUT2D eigenvalue weighted by atomic mass is 19.1. The molecule has 0 aliphatic rings.